The van der Waals surface area contributed by atoms with Crippen LogP contribution in [0.5, 0.6) is 0 Å². The second-order valence-electron chi connectivity index (χ2n) is 11.3. The molecule has 10 nitrogen and oxygen atoms in total. The Labute approximate surface area is 218 Å². The van der Waals surface area contributed by atoms with Crippen LogP contribution in [0.2, 0.25) is 0 Å². The molecule has 37 heavy (non-hydrogen) atoms. The summed E-state index contributed by atoms with van der Waals surface area (Å²) in [6.07, 6.45) is 7.54. The Morgan fingerprint density at radius 2 is 1.89 bits per heavy atom. The van der Waals surface area contributed by atoms with Gasteiger partial charge in [-0.1, -0.05) is 24.3 Å². The summed E-state index contributed by atoms with van der Waals surface area (Å²) in [6, 6.07) is -0.938. The molecule has 2 saturated heterocycles. The first-order chi connectivity index (χ1) is 17.5. The van der Waals surface area contributed by atoms with Crippen LogP contribution in [0.25, 0.3) is 0 Å². The first-order valence-electron chi connectivity index (χ1n) is 13.2. The van der Waals surface area contributed by atoms with Crippen LogP contribution >= 0.6 is 0 Å². The van der Waals surface area contributed by atoms with Crippen molar-refractivity contribution in [2.45, 2.75) is 82.8 Å². The van der Waals surface area contributed by atoms with Gasteiger partial charge in [-0.05, 0) is 47.0 Å². The summed E-state index contributed by atoms with van der Waals surface area (Å²) in [6.45, 7) is 8.31. The number of allylic oxidation sites excluding steroid dienone is 1. The van der Waals surface area contributed by atoms with Crippen LogP contribution in [-0.2, 0) is 28.7 Å². The van der Waals surface area contributed by atoms with E-state index in [1.807, 2.05) is 26.8 Å². The summed E-state index contributed by atoms with van der Waals surface area (Å²) in [5, 5.41) is 12.1. The lowest BCUT2D eigenvalue weighted by atomic mass is 9.77. The van der Waals surface area contributed by atoms with Gasteiger partial charge in [0.05, 0.1) is 18.6 Å². The second kappa shape index (κ2) is 10.6. The highest BCUT2D eigenvalue weighted by molar-refractivity contribution is 5.99. The van der Waals surface area contributed by atoms with E-state index in [0.717, 1.165) is 0 Å². The van der Waals surface area contributed by atoms with Gasteiger partial charge in [-0.25, -0.2) is 0 Å². The molecule has 204 valence electrons. The number of hydrogen-bond donors (Lipinski definition) is 2. The molecule has 0 aliphatic carbocycles. The van der Waals surface area contributed by atoms with E-state index >= 15 is 0 Å². The Balaban J connectivity index is 1.78. The van der Waals surface area contributed by atoms with Crippen molar-refractivity contribution >= 4 is 23.7 Å². The van der Waals surface area contributed by atoms with Crippen molar-refractivity contribution in [1.82, 2.24) is 15.1 Å². The quantitative estimate of drug-likeness (QED) is 0.323. The molecule has 1 spiro atoms. The molecule has 0 bridgehead atoms. The van der Waals surface area contributed by atoms with Gasteiger partial charge in [0.2, 0.25) is 17.7 Å². The van der Waals surface area contributed by atoms with Crippen LogP contribution in [-0.4, -0.2) is 94.2 Å². The second-order valence-corrected chi connectivity index (χ2v) is 11.3. The molecule has 4 aliphatic heterocycles. The largest absolute Gasteiger partial charge is 0.460 e. The van der Waals surface area contributed by atoms with Gasteiger partial charge < -0.3 is 29.7 Å². The number of unbranched alkanes of at least 4 members (excludes halogenated alkanes) is 1. The summed E-state index contributed by atoms with van der Waals surface area (Å²) in [4.78, 5) is 57.0. The van der Waals surface area contributed by atoms with Crippen LogP contribution in [0.4, 0.5) is 0 Å². The number of cyclic esters (lactones) is 1. The number of carbonyl (C=O) groups is 4. The van der Waals surface area contributed by atoms with Crippen LogP contribution in [0, 0.1) is 11.8 Å². The molecular weight excluding hydrogens is 478 g/mol. The highest BCUT2D eigenvalue weighted by Gasteiger charge is 2.72. The molecule has 4 heterocycles. The number of esters is 1. The Hall–Kier alpha value is -2.72. The van der Waals surface area contributed by atoms with Gasteiger partial charge >= 0.3 is 5.97 Å². The van der Waals surface area contributed by atoms with E-state index in [0.29, 0.717) is 25.8 Å². The number of likely N-dealkylation sites (tertiary alicyclic amines) is 1. The van der Waals surface area contributed by atoms with Crippen LogP contribution in [0.3, 0.4) is 0 Å². The fourth-order valence-electron chi connectivity index (χ4n) is 5.90. The Kier molecular flexibility index (Phi) is 7.80. The monoisotopic (exact) mass is 517 g/mol. The summed E-state index contributed by atoms with van der Waals surface area (Å²) in [5.41, 5.74) is -1.82. The van der Waals surface area contributed by atoms with Crippen molar-refractivity contribution < 1.29 is 33.8 Å². The number of amides is 3. The Morgan fingerprint density at radius 3 is 2.59 bits per heavy atom. The highest BCUT2D eigenvalue weighted by Crippen LogP contribution is 2.53. The van der Waals surface area contributed by atoms with E-state index in [-0.39, 0.29) is 43.8 Å². The fourth-order valence-corrected chi connectivity index (χ4v) is 5.90. The molecule has 2 N–H and O–H groups in total. The van der Waals surface area contributed by atoms with Gasteiger partial charge in [0, 0.05) is 31.7 Å². The lowest BCUT2D eigenvalue weighted by Crippen LogP contribution is -2.58. The number of hydrogen-bond acceptors (Lipinski definition) is 7. The Bertz CT molecular complexity index is 987. The topological polar surface area (TPSA) is 125 Å². The third kappa shape index (κ3) is 5.05. The molecule has 0 aromatic carbocycles. The van der Waals surface area contributed by atoms with Crippen molar-refractivity contribution in [1.29, 1.82) is 0 Å². The molecule has 0 aromatic rings. The normalized spacial score (nSPS) is 35.5. The zero-order valence-electron chi connectivity index (χ0n) is 22.1. The minimum atomic E-state index is -1.33. The third-order valence-electron chi connectivity index (χ3n) is 7.65. The number of nitrogens with one attached hydrogen (secondary N) is 1. The third-order valence-corrected chi connectivity index (χ3v) is 7.65. The smallest absolute Gasteiger partial charge is 0.313 e. The molecule has 2 fully saturated rings. The molecule has 4 rings (SSSR count). The van der Waals surface area contributed by atoms with Gasteiger partial charge in [-0.3, -0.25) is 19.2 Å². The first-order valence-corrected chi connectivity index (χ1v) is 13.2. The van der Waals surface area contributed by atoms with E-state index in [4.69, 9.17) is 9.47 Å². The predicted octanol–water partition coefficient (Wildman–Crippen LogP) is 0.935. The molecule has 4 aliphatic rings. The van der Waals surface area contributed by atoms with Crippen LogP contribution < -0.4 is 5.32 Å². The number of nitrogens with zero attached hydrogens (tertiary/aromatic N) is 2. The minimum Gasteiger partial charge on any atom is -0.460 e. The van der Waals surface area contributed by atoms with Crippen molar-refractivity contribution in [3.8, 4) is 0 Å². The number of fused-ring (bicyclic) bond motifs is 2. The molecule has 10 heteroatoms. The zero-order valence-corrected chi connectivity index (χ0v) is 22.1. The summed E-state index contributed by atoms with van der Waals surface area (Å²) in [5.74, 6) is -3.14. The van der Waals surface area contributed by atoms with E-state index in [2.05, 4.69) is 5.32 Å². The van der Waals surface area contributed by atoms with Crippen LogP contribution in [0.15, 0.2) is 24.3 Å². The molecule has 0 unspecified atom stereocenters. The SMILES string of the molecule is C[C@@H]1CNC(=O)CC/C=C\[C@H]2O[C@]34C=CCN(C(C)(C)C)C(=O)[C@H]3N(CCCCO)C(=O)[C@@H]4[C@H]2C(=O)O1. The van der Waals surface area contributed by atoms with E-state index in [1.54, 1.807) is 35.0 Å². The standard InChI is InChI=1S/C27H39N3O7/c1-17-16-28-19(32)11-6-5-10-18-20(25(35)36-17)21-23(33)29(13-7-8-15-31)22-24(34)30(26(2,3)4)14-9-12-27(21,22)37-18/h5,9-10,12,17-18,20-22,31H,6-8,11,13-16H2,1-4H3,(H,28,32)/b10-5-/t17-,18-,20+,21+,22-,27+/m1/s1. The average Bonchev–Trinajstić information content (AvgIpc) is 3.19. The number of carbonyl (C=O) groups excluding carboxylic acids is 4. The number of aliphatic hydroxyl groups is 1. The molecule has 0 radical (unpaired) electrons. The number of aliphatic hydroxyl groups excluding tert-OH is 1. The molecule has 0 aromatic heterocycles. The summed E-state index contributed by atoms with van der Waals surface area (Å²) >= 11 is 0. The summed E-state index contributed by atoms with van der Waals surface area (Å²) in [7, 11) is 0. The van der Waals surface area contributed by atoms with Gasteiger partial charge in [0.15, 0.2) is 0 Å². The maximum absolute atomic E-state index is 14.1. The van der Waals surface area contributed by atoms with Gasteiger partial charge in [-0.15, -0.1) is 0 Å². The van der Waals surface area contributed by atoms with Crippen molar-refractivity contribution in [3.63, 3.8) is 0 Å². The molecule has 6 atom stereocenters. The number of rotatable bonds is 4. The molecule has 3 amide bonds. The Morgan fingerprint density at radius 1 is 1.14 bits per heavy atom. The maximum Gasteiger partial charge on any atom is 0.313 e. The lowest BCUT2D eigenvalue weighted by molar-refractivity contribution is -0.159. The highest BCUT2D eigenvalue weighted by atomic mass is 16.6. The van der Waals surface area contributed by atoms with E-state index in [9.17, 15) is 24.3 Å². The average molecular weight is 518 g/mol. The van der Waals surface area contributed by atoms with Gasteiger partial charge in [-0.2, -0.15) is 0 Å². The van der Waals surface area contributed by atoms with Gasteiger partial charge in [0.1, 0.15) is 23.7 Å². The summed E-state index contributed by atoms with van der Waals surface area (Å²) < 4.78 is 12.3. The van der Waals surface area contributed by atoms with Crippen molar-refractivity contribution in [2.24, 2.45) is 11.8 Å². The molecule has 0 saturated carbocycles. The minimum absolute atomic E-state index is 0.0179. The van der Waals surface area contributed by atoms with E-state index in [1.165, 1.54) is 0 Å². The van der Waals surface area contributed by atoms with Gasteiger partial charge in [0.25, 0.3) is 0 Å². The zero-order chi connectivity index (χ0) is 27.0. The predicted molar refractivity (Wildman–Crippen MR) is 134 cm³/mol. The van der Waals surface area contributed by atoms with E-state index < -0.39 is 47.2 Å². The lowest BCUT2D eigenvalue weighted by Gasteiger charge is -2.40. The van der Waals surface area contributed by atoms with Crippen molar-refractivity contribution in [3.05, 3.63) is 24.3 Å². The first kappa shape index (κ1) is 27.3. The van der Waals surface area contributed by atoms with Crippen molar-refractivity contribution in [2.75, 3.05) is 26.2 Å². The fraction of sp³-hybridized carbons (Fsp3) is 0.704. The number of ether oxygens (including phenoxy) is 2. The van der Waals surface area contributed by atoms with Crippen LogP contribution in [0.1, 0.15) is 53.4 Å². The molecular formula is C27H39N3O7. The maximum atomic E-state index is 14.1.